The fourth-order valence-electron chi connectivity index (χ4n) is 3.56. The van der Waals surface area contributed by atoms with Crippen LogP contribution in [0, 0.1) is 13.8 Å². The molecule has 164 valence electrons. The van der Waals surface area contributed by atoms with E-state index in [1.807, 2.05) is 48.2 Å². The van der Waals surface area contributed by atoms with Gasteiger partial charge in [-0.2, -0.15) is 0 Å². The Morgan fingerprint density at radius 1 is 1.10 bits per heavy atom. The summed E-state index contributed by atoms with van der Waals surface area (Å²) < 4.78 is 10.4. The van der Waals surface area contributed by atoms with E-state index in [0.717, 1.165) is 33.3 Å². The molecule has 2 aromatic carbocycles. The molecule has 3 rings (SSSR count). The van der Waals surface area contributed by atoms with E-state index in [2.05, 4.69) is 23.3 Å². The lowest BCUT2D eigenvalue weighted by Gasteiger charge is -2.26. The minimum atomic E-state index is -0.100. The Hall–Kier alpha value is -2.90. The van der Waals surface area contributed by atoms with Crippen LogP contribution in [0.1, 0.15) is 22.3 Å². The van der Waals surface area contributed by atoms with Crippen molar-refractivity contribution in [3.63, 3.8) is 0 Å². The Morgan fingerprint density at radius 2 is 1.84 bits per heavy atom. The number of thiocarbonyl (C=S) groups is 1. The molecular weight excluding hydrogens is 410 g/mol. The molecule has 6 nitrogen and oxygen atoms in total. The summed E-state index contributed by atoms with van der Waals surface area (Å²) in [7, 11) is 3.30. The van der Waals surface area contributed by atoms with Gasteiger partial charge in [-0.1, -0.05) is 18.2 Å². The molecule has 31 heavy (non-hydrogen) atoms. The number of hydrogen-bond acceptors (Lipinski definition) is 4. The maximum absolute atomic E-state index is 12.8. The predicted molar refractivity (Wildman–Crippen MR) is 129 cm³/mol. The highest BCUT2D eigenvalue weighted by Gasteiger charge is 2.15. The number of aryl methyl sites for hydroxylation is 2. The van der Waals surface area contributed by atoms with Crippen LogP contribution < -0.4 is 15.6 Å². The Balaban J connectivity index is 1.90. The first-order valence-corrected chi connectivity index (χ1v) is 10.6. The van der Waals surface area contributed by atoms with Gasteiger partial charge in [0.1, 0.15) is 5.75 Å². The van der Waals surface area contributed by atoms with Gasteiger partial charge in [0.05, 0.1) is 20.3 Å². The maximum atomic E-state index is 12.8. The number of pyridine rings is 1. The molecule has 0 aliphatic carbocycles. The minimum Gasteiger partial charge on any atom is -0.497 e. The molecule has 7 heteroatoms. The number of rotatable bonds is 8. The fourth-order valence-corrected chi connectivity index (χ4v) is 3.79. The second-order valence-electron chi connectivity index (χ2n) is 7.60. The summed E-state index contributed by atoms with van der Waals surface area (Å²) >= 11 is 5.64. The molecular formula is C24H29N3O3S. The zero-order valence-electron chi connectivity index (χ0n) is 18.5. The van der Waals surface area contributed by atoms with Crippen molar-refractivity contribution in [3.8, 4) is 5.75 Å². The van der Waals surface area contributed by atoms with Crippen molar-refractivity contribution in [1.82, 2.24) is 15.2 Å². The van der Waals surface area contributed by atoms with E-state index in [-0.39, 0.29) is 5.56 Å². The Kier molecular flexibility index (Phi) is 7.65. The van der Waals surface area contributed by atoms with Crippen LogP contribution in [0.2, 0.25) is 0 Å². The van der Waals surface area contributed by atoms with Crippen LogP contribution >= 0.6 is 12.2 Å². The number of methoxy groups -OCH3 is 2. The van der Waals surface area contributed by atoms with E-state index in [4.69, 9.17) is 21.7 Å². The van der Waals surface area contributed by atoms with E-state index in [1.54, 1.807) is 14.2 Å². The zero-order valence-corrected chi connectivity index (χ0v) is 19.3. The molecule has 1 heterocycles. The number of H-pyrrole nitrogens is 1. The number of benzene rings is 2. The number of fused-ring (bicyclic) bond motifs is 1. The number of aromatic amines is 1. The van der Waals surface area contributed by atoms with Crippen LogP contribution in [0.15, 0.2) is 47.3 Å². The molecule has 0 unspecified atom stereocenters. The van der Waals surface area contributed by atoms with E-state index in [9.17, 15) is 4.79 Å². The molecule has 1 aromatic heterocycles. The monoisotopic (exact) mass is 439 g/mol. The average molecular weight is 440 g/mol. The molecule has 0 aliphatic rings. The van der Waals surface area contributed by atoms with Crippen molar-refractivity contribution in [2.75, 3.05) is 27.4 Å². The van der Waals surface area contributed by atoms with Gasteiger partial charge in [0, 0.05) is 36.7 Å². The summed E-state index contributed by atoms with van der Waals surface area (Å²) in [6.07, 6.45) is 0. The highest BCUT2D eigenvalue weighted by Crippen LogP contribution is 2.20. The summed E-state index contributed by atoms with van der Waals surface area (Å²) in [5.41, 5.74) is 4.75. The number of ether oxygens (including phenoxy) is 2. The molecule has 3 aromatic rings. The van der Waals surface area contributed by atoms with Crippen molar-refractivity contribution >= 4 is 28.2 Å². The summed E-state index contributed by atoms with van der Waals surface area (Å²) in [6.45, 7) is 6.19. The second-order valence-corrected chi connectivity index (χ2v) is 7.98. The molecule has 0 radical (unpaired) electrons. The first-order valence-electron chi connectivity index (χ1n) is 10.2. The predicted octanol–water partition coefficient (Wildman–Crippen LogP) is 3.68. The SMILES string of the molecule is COCCNC(=S)N(Cc1ccc(OC)cc1)Cc1cc2c(C)cc(C)cc2[nH]c1=O. The lowest BCUT2D eigenvalue weighted by molar-refractivity contribution is 0.202. The van der Waals surface area contributed by atoms with Crippen molar-refractivity contribution in [2.45, 2.75) is 26.9 Å². The van der Waals surface area contributed by atoms with Gasteiger partial charge >= 0.3 is 0 Å². The molecule has 0 atom stereocenters. The smallest absolute Gasteiger partial charge is 0.253 e. The van der Waals surface area contributed by atoms with Crippen LogP contribution in [0.4, 0.5) is 0 Å². The second kappa shape index (κ2) is 10.4. The van der Waals surface area contributed by atoms with Crippen LogP contribution in [0.3, 0.4) is 0 Å². The highest BCUT2D eigenvalue weighted by molar-refractivity contribution is 7.80. The van der Waals surface area contributed by atoms with Crippen LogP contribution in [-0.2, 0) is 17.8 Å². The molecule has 0 saturated carbocycles. The number of nitrogens with zero attached hydrogens (tertiary/aromatic N) is 1. The molecule has 2 N–H and O–H groups in total. The Bertz CT molecular complexity index is 1110. The Labute approximate surface area is 188 Å². The maximum Gasteiger partial charge on any atom is 0.253 e. The number of hydrogen-bond donors (Lipinski definition) is 2. The molecule has 0 aliphatic heterocycles. The van der Waals surface area contributed by atoms with E-state index >= 15 is 0 Å². The molecule has 0 amide bonds. The highest BCUT2D eigenvalue weighted by atomic mass is 32.1. The van der Waals surface area contributed by atoms with Crippen LogP contribution in [0.25, 0.3) is 10.9 Å². The van der Waals surface area contributed by atoms with E-state index in [1.165, 1.54) is 0 Å². The van der Waals surface area contributed by atoms with Gasteiger partial charge in [-0.3, -0.25) is 4.79 Å². The van der Waals surface area contributed by atoms with Crippen molar-refractivity contribution < 1.29 is 9.47 Å². The van der Waals surface area contributed by atoms with Gasteiger partial charge in [0.15, 0.2) is 5.11 Å². The first-order chi connectivity index (χ1) is 14.9. The zero-order chi connectivity index (χ0) is 22.4. The third-order valence-electron chi connectivity index (χ3n) is 5.15. The largest absolute Gasteiger partial charge is 0.497 e. The van der Waals surface area contributed by atoms with Gasteiger partial charge < -0.3 is 24.7 Å². The quantitative estimate of drug-likeness (QED) is 0.412. The normalized spacial score (nSPS) is 10.8. The topological polar surface area (TPSA) is 66.6 Å². The standard InChI is InChI=1S/C24H29N3O3S/c1-16-11-17(2)21-13-19(23(28)26-22(21)12-16)15-27(24(31)25-9-10-29-3)14-18-5-7-20(30-4)8-6-18/h5-8,11-13H,9-10,14-15H2,1-4H3,(H,25,31)(H,26,28). The van der Waals surface area contributed by atoms with Gasteiger partial charge in [-0.25, -0.2) is 0 Å². The third-order valence-corrected chi connectivity index (χ3v) is 5.56. The van der Waals surface area contributed by atoms with Gasteiger partial charge in [-0.05, 0) is 67.0 Å². The number of aromatic nitrogens is 1. The third kappa shape index (κ3) is 5.83. The average Bonchev–Trinajstić information content (AvgIpc) is 2.74. The van der Waals surface area contributed by atoms with Gasteiger partial charge in [0.25, 0.3) is 5.56 Å². The molecule has 0 spiro atoms. The lowest BCUT2D eigenvalue weighted by atomic mass is 10.0. The molecule has 0 fully saturated rings. The lowest BCUT2D eigenvalue weighted by Crippen LogP contribution is -2.41. The van der Waals surface area contributed by atoms with Crippen molar-refractivity contribution in [2.24, 2.45) is 0 Å². The summed E-state index contributed by atoms with van der Waals surface area (Å²) in [6, 6.07) is 13.9. The first kappa shape index (κ1) is 22.8. The van der Waals surface area contributed by atoms with Gasteiger partial charge in [-0.15, -0.1) is 0 Å². The summed E-state index contributed by atoms with van der Waals surface area (Å²) in [5.74, 6) is 0.799. The van der Waals surface area contributed by atoms with Gasteiger partial charge in [0.2, 0.25) is 0 Å². The van der Waals surface area contributed by atoms with Crippen LogP contribution in [0.5, 0.6) is 5.75 Å². The number of nitrogens with one attached hydrogen (secondary N) is 2. The van der Waals surface area contributed by atoms with Crippen LogP contribution in [-0.4, -0.2) is 42.4 Å². The fraction of sp³-hybridized carbons (Fsp3) is 0.333. The summed E-state index contributed by atoms with van der Waals surface area (Å²) in [4.78, 5) is 17.9. The van der Waals surface area contributed by atoms with Crippen molar-refractivity contribution in [3.05, 3.63) is 75.1 Å². The molecule has 0 saturated heterocycles. The van der Waals surface area contributed by atoms with E-state index in [0.29, 0.717) is 36.9 Å². The van der Waals surface area contributed by atoms with Crippen molar-refractivity contribution in [1.29, 1.82) is 0 Å². The Morgan fingerprint density at radius 3 is 2.52 bits per heavy atom. The summed E-state index contributed by atoms with van der Waals surface area (Å²) in [5, 5.41) is 4.84. The van der Waals surface area contributed by atoms with E-state index < -0.39 is 0 Å². The minimum absolute atomic E-state index is 0.100. The molecule has 0 bridgehead atoms.